The first-order valence-corrected chi connectivity index (χ1v) is 7.60. The van der Waals surface area contributed by atoms with Crippen LogP contribution in [0.25, 0.3) is 0 Å². The average Bonchev–Trinajstić information content (AvgIpc) is 3.07. The zero-order chi connectivity index (χ0) is 18.0. The van der Waals surface area contributed by atoms with Crippen LogP contribution in [0.1, 0.15) is 24.3 Å². The fourth-order valence-electron chi connectivity index (χ4n) is 2.52. The van der Waals surface area contributed by atoms with Crippen LogP contribution in [-0.2, 0) is 9.53 Å². The second-order valence-corrected chi connectivity index (χ2v) is 5.37. The first-order chi connectivity index (χ1) is 12.0. The Balaban J connectivity index is 1.96. The fraction of sp³-hybridized carbons (Fsp3) is 0.222. The van der Waals surface area contributed by atoms with Gasteiger partial charge in [-0.1, -0.05) is 6.07 Å². The lowest BCUT2D eigenvalue weighted by atomic mass is 10.1. The van der Waals surface area contributed by atoms with Crippen LogP contribution in [0.3, 0.4) is 0 Å². The summed E-state index contributed by atoms with van der Waals surface area (Å²) in [5.74, 6) is 0.878. The number of hydrazone groups is 1. The van der Waals surface area contributed by atoms with Gasteiger partial charge in [0.1, 0.15) is 5.75 Å². The molecule has 0 spiro atoms. The standard InChI is InChI=1S/C18H18N2O5/c1-11(21)20-18(14-5-4-6-15(24-3)16(14)22)25-17(19-20)12-7-9-13(23-2)10-8-12/h4-10,18,22H,1-3H3/t18-/m0/s1. The van der Waals surface area contributed by atoms with E-state index in [0.29, 0.717) is 22.6 Å². The molecule has 1 aliphatic heterocycles. The molecule has 7 nitrogen and oxygen atoms in total. The van der Waals surface area contributed by atoms with E-state index in [1.54, 1.807) is 49.6 Å². The predicted molar refractivity (Wildman–Crippen MR) is 90.5 cm³/mol. The lowest BCUT2D eigenvalue weighted by Crippen LogP contribution is -2.25. The second-order valence-electron chi connectivity index (χ2n) is 5.37. The number of carbonyl (C=O) groups is 1. The Labute approximate surface area is 145 Å². The van der Waals surface area contributed by atoms with Gasteiger partial charge in [0.15, 0.2) is 11.5 Å². The molecule has 0 saturated heterocycles. The molecule has 1 aliphatic rings. The monoisotopic (exact) mass is 342 g/mol. The summed E-state index contributed by atoms with van der Waals surface area (Å²) in [4.78, 5) is 12.0. The molecule has 3 rings (SSSR count). The van der Waals surface area contributed by atoms with Gasteiger partial charge in [0, 0.05) is 12.5 Å². The van der Waals surface area contributed by atoms with Crippen LogP contribution in [0.4, 0.5) is 0 Å². The third kappa shape index (κ3) is 3.08. The van der Waals surface area contributed by atoms with Crippen molar-refractivity contribution < 1.29 is 24.1 Å². The summed E-state index contributed by atoms with van der Waals surface area (Å²) < 4.78 is 16.1. The molecule has 25 heavy (non-hydrogen) atoms. The highest BCUT2D eigenvalue weighted by atomic mass is 16.5. The SMILES string of the molecule is COc1ccc(C2=NN(C(C)=O)[C@H](c3cccc(OC)c3O)O2)cc1. The number of nitrogens with zero attached hydrogens (tertiary/aromatic N) is 2. The van der Waals surface area contributed by atoms with E-state index in [4.69, 9.17) is 14.2 Å². The number of hydrogen-bond acceptors (Lipinski definition) is 6. The normalized spacial score (nSPS) is 16.2. The van der Waals surface area contributed by atoms with Gasteiger partial charge in [-0.15, -0.1) is 5.10 Å². The van der Waals surface area contributed by atoms with Crippen molar-refractivity contribution in [3.05, 3.63) is 53.6 Å². The average molecular weight is 342 g/mol. The van der Waals surface area contributed by atoms with Crippen molar-refractivity contribution in [3.63, 3.8) is 0 Å². The Morgan fingerprint density at radius 3 is 2.48 bits per heavy atom. The number of benzene rings is 2. The largest absolute Gasteiger partial charge is 0.504 e. The quantitative estimate of drug-likeness (QED) is 0.924. The minimum atomic E-state index is -0.871. The highest BCUT2D eigenvalue weighted by Gasteiger charge is 2.35. The van der Waals surface area contributed by atoms with Gasteiger partial charge in [0.05, 0.1) is 19.8 Å². The number of ether oxygens (including phenoxy) is 3. The van der Waals surface area contributed by atoms with Gasteiger partial charge in [-0.3, -0.25) is 4.79 Å². The number of hydrogen-bond donors (Lipinski definition) is 1. The van der Waals surface area contributed by atoms with E-state index in [1.165, 1.54) is 19.0 Å². The van der Waals surface area contributed by atoms with Crippen LogP contribution in [-0.4, -0.2) is 36.1 Å². The Morgan fingerprint density at radius 2 is 1.88 bits per heavy atom. The molecule has 0 saturated carbocycles. The van der Waals surface area contributed by atoms with Crippen molar-refractivity contribution in [2.45, 2.75) is 13.2 Å². The molecule has 2 aromatic carbocycles. The van der Waals surface area contributed by atoms with E-state index in [-0.39, 0.29) is 17.6 Å². The number of amides is 1. The Bertz CT molecular complexity index is 817. The summed E-state index contributed by atoms with van der Waals surface area (Å²) in [6.07, 6.45) is -0.871. The maximum absolute atomic E-state index is 12.0. The first kappa shape index (κ1) is 16.6. The van der Waals surface area contributed by atoms with Crippen molar-refractivity contribution >= 4 is 11.8 Å². The van der Waals surface area contributed by atoms with Crippen molar-refractivity contribution in [1.82, 2.24) is 5.01 Å². The zero-order valence-electron chi connectivity index (χ0n) is 14.1. The summed E-state index contributed by atoms with van der Waals surface area (Å²) in [5.41, 5.74) is 1.08. The molecule has 7 heteroatoms. The van der Waals surface area contributed by atoms with Gasteiger partial charge in [0.2, 0.25) is 18.0 Å². The third-order valence-corrected chi connectivity index (χ3v) is 3.82. The lowest BCUT2D eigenvalue weighted by molar-refractivity contribution is -0.135. The second kappa shape index (κ2) is 6.72. The number of phenols is 1. The molecule has 0 unspecified atom stereocenters. The molecule has 0 radical (unpaired) electrons. The van der Waals surface area contributed by atoms with E-state index in [2.05, 4.69) is 5.10 Å². The molecular weight excluding hydrogens is 324 g/mol. The van der Waals surface area contributed by atoms with Crippen molar-refractivity contribution in [3.8, 4) is 17.2 Å². The van der Waals surface area contributed by atoms with Gasteiger partial charge < -0.3 is 19.3 Å². The summed E-state index contributed by atoms with van der Waals surface area (Å²) in [6, 6.07) is 12.1. The van der Waals surface area contributed by atoms with Crippen LogP contribution in [0.2, 0.25) is 0 Å². The van der Waals surface area contributed by atoms with Crippen molar-refractivity contribution in [2.24, 2.45) is 5.10 Å². The van der Waals surface area contributed by atoms with Gasteiger partial charge in [0.25, 0.3) is 0 Å². The molecule has 0 aliphatic carbocycles. The van der Waals surface area contributed by atoms with E-state index in [9.17, 15) is 9.90 Å². The number of phenolic OH excluding ortho intramolecular Hbond substituents is 1. The number of aromatic hydroxyl groups is 1. The van der Waals surface area contributed by atoms with Crippen molar-refractivity contribution in [2.75, 3.05) is 14.2 Å². The highest BCUT2D eigenvalue weighted by molar-refractivity contribution is 5.96. The van der Waals surface area contributed by atoms with Crippen LogP contribution in [0.15, 0.2) is 47.6 Å². The first-order valence-electron chi connectivity index (χ1n) is 7.60. The summed E-state index contributed by atoms with van der Waals surface area (Å²) in [5, 5.41) is 15.8. The van der Waals surface area contributed by atoms with Crippen LogP contribution >= 0.6 is 0 Å². The maximum Gasteiger partial charge on any atom is 0.243 e. The number of methoxy groups -OCH3 is 2. The summed E-state index contributed by atoms with van der Waals surface area (Å²) >= 11 is 0. The minimum absolute atomic E-state index is 0.0903. The molecule has 1 N–H and O–H groups in total. The topological polar surface area (TPSA) is 80.6 Å². The van der Waals surface area contributed by atoms with Crippen LogP contribution < -0.4 is 9.47 Å². The zero-order valence-corrected chi connectivity index (χ0v) is 14.1. The smallest absolute Gasteiger partial charge is 0.243 e. The molecular formula is C18H18N2O5. The van der Waals surface area contributed by atoms with Gasteiger partial charge in [-0.25, -0.2) is 0 Å². The molecule has 2 aromatic rings. The maximum atomic E-state index is 12.0. The van der Waals surface area contributed by atoms with Crippen molar-refractivity contribution in [1.29, 1.82) is 0 Å². The Morgan fingerprint density at radius 1 is 1.16 bits per heavy atom. The van der Waals surface area contributed by atoms with Gasteiger partial charge >= 0.3 is 0 Å². The van der Waals surface area contributed by atoms with Gasteiger partial charge in [-0.05, 0) is 36.4 Å². The van der Waals surface area contributed by atoms with E-state index >= 15 is 0 Å². The number of carbonyl (C=O) groups excluding carboxylic acids is 1. The van der Waals surface area contributed by atoms with Crippen LogP contribution in [0.5, 0.6) is 17.2 Å². The lowest BCUT2D eigenvalue weighted by Gasteiger charge is -2.20. The molecule has 1 amide bonds. The number of rotatable bonds is 4. The molecule has 1 atom stereocenters. The third-order valence-electron chi connectivity index (χ3n) is 3.82. The van der Waals surface area contributed by atoms with E-state index in [0.717, 1.165) is 0 Å². The molecule has 130 valence electrons. The van der Waals surface area contributed by atoms with E-state index in [1.807, 2.05) is 0 Å². The number of para-hydroxylation sites is 1. The van der Waals surface area contributed by atoms with Crippen LogP contribution in [0, 0.1) is 0 Å². The highest BCUT2D eigenvalue weighted by Crippen LogP contribution is 2.39. The molecule has 0 aromatic heterocycles. The Hall–Kier alpha value is -3.22. The molecule has 0 fully saturated rings. The Kier molecular flexibility index (Phi) is 4.47. The molecule has 1 heterocycles. The van der Waals surface area contributed by atoms with E-state index < -0.39 is 6.23 Å². The summed E-state index contributed by atoms with van der Waals surface area (Å²) in [7, 11) is 3.04. The predicted octanol–water partition coefficient (Wildman–Crippen LogP) is 2.65. The fourth-order valence-corrected chi connectivity index (χ4v) is 2.52. The molecule has 0 bridgehead atoms. The van der Waals surface area contributed by atoms with Gasteiger partial charge in [-0.2, -0.15) is 5.01 Å². The minimum Gasteiger partial charge on any atom is -0.504 e. The summed E-state index contributed by atoms with van der Waals surface area (Å²) in [6.45, 7) is 1.38.